The van der Waals surface area contributed by atoms with Crippen LogP contribution in [-0.2, 0) is 6.54 Å². The van der Waals surface area contributed by atoms with Gasteiger partial charge >= 0.3 is 4.87 Å². The summed E-state index contributed by atoms with van der Waals surface area (Å²) in [7, 11) is 0. The summed E-state index contributed by atoms with van der Waals surface area (Å²) < 4.78 is 0. The van der Waals surface area contributed by atoms with E-state index in [-0.39, 0.29) is 4.87 Å². The van der Waals surface area contributed by atoms with Crippen LogP contribution in [0.1, 0.15) is 39.3 Å². The van der Waals surface area contributed by atoms with Gasteiger partial charge in [-0.1, -0.05) is 32.1 Å². The molecule has 2 heterocycles. The van der Waals surface area contributed by atoms with E-state index in [0.29, 0.717) is 12.1 Å². The summed E-state index contributed by atoms with van der Waals surface area (Å²) in [4.78, 5) is 16.7. The lowest BCUT2D eigenvalue weighted by molar-refractivity contribution is 0.110. The number of hydrogen-bond acceptors (Lipinski definition) is 4. The first kappa shape index (κ1) is 14.8. The molecule has 2 unspecified atom stereocenters. The van der Waals surface area contributed by atoms with Gasteiger partial charge in [0.1, 0.15) is 0 Å². The first-order valence-electron chi connectivity index (χ1n) is 7.22. The predicted molar refractivity (Wildman–Crippen MR) is 80.7 cm³/mol. The van der Waals surface area contributed by atoms with Crippen LogP contribution in [0.2, 0.25) is 0 Å². The topological polar surface area (TPSA) is 48.1 Å². The zero-order valence-corrected chi connectivity index (χ0v) is 12.9. The van der Waals surface area contributed by atoms with Crippen LogP contribution >= 0.6 is 11.3 Å². The molecular weight excluding hydrogens is 258 g/mol. The Morgan fingerprint density at radius 2 is 2.32 bits per heavy atom. The first-order chi connectivity index (χ1) is 9.08. The van der Waals surface area contributed by atoms with Gasteiger partial charge in [0, 0.05) is 42.8 Å². The van der Waals surface area contributed by atoms with Crippen LogP contribution in [0.3, 0.4) is 0 Å². The van der Waals surface area contributed by atoms with Crippen LogP contribution in [0.25, 0.3) is 0 Å². The van der Waals surface area contributed by atoms with Crippen molar-refractivity contribution in [2.45, 2.75) is 52.2 Å². The van der Waals surface area contributed by atoms with Gasteiger partial charge in [0.2, 0.25) is 0 Å². The number of aromatic amines is 1. The van der Waals surface area contributed by atoms with Crippen LogP contribution in [0.15, 0.2) is 10.2 Å². The average Bonchev–Trinajstić information content (AvgIpc) is 2.74. The maximum atomic E-state index is 11.2. The van der Waals surface area contributed by atoms with Crippen molar-refractivity contribution >= 4 is 11.3 Å². The molecule has 0 aliphatic carbocycles. The van der Waals surface area contributed by atoms with E-state index in [2.05, 4.69) is 36.0 Å². The molecule has 2 rings (SSSR count). The molecule has 4 nitrogen and oxygen atoms in total. The Morgan fingerprint density at radius 1 is 1.53 bits per heavy atom. The molecule has 5 heteroatoms. The Labute approximate surface area is 119 Å². The second kappa shape index (κ2) is 6.68. The summed E-state index contributed by atoms with van der Waals surface area (Å²) in [5.74, 6) is 0.721. The lowest BCUT2D eigenvalue weighted by atomic mass is 9.99. The molecule has 1 aromatic heterocycles. The maximum Gasteiger partial charge on any atom is 0.304 e. The van der Waals surface area contributed by atoms with Crippen molar-refractivity contribution in [2.24, 2.45) is 5.92 Å². The third-order valence-electron chi connectivity index (χ3n) is 3.78. The van der Waals surface area contributed by atoms with E-state index < -0.39 is 0 Å². The lowest BCUT2D eigenvalue weighted by Crippen LogP contribution is -2.56. The summed E-state index contributed by atoms with van der Waals surface area (Å²) >= 11 is 1.26. The third kappa shape index (κ3) is 4.16. The van der Waals surface area contributed by atoms with E-state index in [1.54, 1.807) is 0 Å². The molecule has 1 aliphatic heterocycles. The van der Waals surface area contributed by atoms with Gasteiger partial charge in [0.15, 0.2) is 0 Å². The van der Waals surface area contributed by atoms with Crippen LogP contribution < -0.4 is 10.2 Å². The molecule has 1 saturated heterocycles. The number of nitrogens with zero attached hydrogens (tertiary/aromatic N) is 1. The average molecular weight is 283 g/mol. The highest BCUT2D eigenvalue weighted by Gasteiger charge is 2.27. The molecule has 2 atom stereocenters. The van der Waals surface area contributed by atoms with Crippen LogP contribution in [0.4, 0.5) is 0 Å². The molecule has 1 fully saturated rings. The molecule has 0 aromatic carbocycles. The molecule has 19 heavy (non-hydrogen) atoms. The minimum absolute atomic E-state index is 0.0527. The van der Waals surface area contributed by atoms with E-state index in [1.807, 2.05) is 5.38 Å². The summed E-state index contributed by atoms with van der Waals surface area (Å²) in [6, 6.07) is 1.15. The fraction of sp³-hybridized carbons (Fsp3) is 0.786. The van der Waals surface area contributed by atoms with E-state index in [1.165, 1.54) is 17.8 Å². The van der Waals surface area contributed by atoms with Gasteiger partial charge < -0.3 is 10.3 Å². The minimum Gasteiger partial charge on any atom is -0.315 e. The Bertz CT molecular complexity index is 440. The standard InChI is InChI=1S/C14H25N3OS/c1-4-13-6-15-11(5-10(2)3)7-17(13)8-12-9-19-14(18)16-12/h9-11,13,15H,4-8H2,1-3H3,(H,16,18). The van der Waals surface area contributed by atoms with Crippen molar-refractivity contribution < 1.29 is 0 Å². The maximum absolute atomic E-state index is 11.2. The monoisotopic (exact) mass is 283 g/mol. The molecule has 0 amide bonds. The van der Waals surface area contributed by atoms with E-state index >= 15 is 0 Å². The SMILES string of the molecule is CCC1CNC(CC(C)C)CN1Cc1csc(=O)[nH]1. The normalized spacial score (nSPS) is 25.1. The van der Waals surface area contributed by atoms with Crippen LogP contribution in [0.5, 0.6) is 0 Å². The van der Waals surface area contributed by atoms with E-state index in [0.717, 1.165) is 37.7 Å². The fourth-order valence-electron chi connectivity index (χ4n) is 2.86. The Hall–Kier alpha value is -0.650. The van der Waals surface area contributed by atoms with E-state index in [4.69, 9.17) is 0 Å². The highest BCUT2D eigenvalue weighted by molar-refractivity contribution is 7.07. The van der Waals surface area contributed by atoms with Gasteiger partial charge in [-0.05, 0) is 18.8 Å². The highest BCUT2D eigenvalue weighted by atomic mass is 32.1. The smallest absolute Gasteiger partial charge is 0.304 e. The van der Waals surface area contributed by atoms with Gasteiger partial charge in [-0.15, -0.1) is 0 Å². The van der Waals surface area contributed by atoms with Gasteiger partial charge in [0.05, 0.1) is 0 Å². The number of thiazole rings is 1. The van der Waals surface area contributed by atoms with Gasteiger partial charge in [-0.25, -0.2) is 0 Å². The fourth-order valence-corrected chi connectivity index (χ4v) is 3.43. The molecular formula is C14H25N3OS. The van der Waals surface area contributed by atoms with Crippen molar-refractivity contribution in [1.82, 2.24) is 15.2 Å². The summed E-state index contributed by atoms with van der Waals surface area (Å²) in [5, 5.41) is 5.61. The molecule has 108 valence electrons. The molecule has 0 bridgehead atoms. The molecule has 2 N–H and O–H groups in total. The number of H-pyrrole nitrogens is 1. The van der Waals surface area contributed by atoms with E-state index in [9.17, 15) is 4.79 Å². The van der Waals surface area contributed by atoms with Crippen molar-refractivity contribution in [1.29, 1.82) is 0 Å². The number of hydrogen-bond donors (Lipinski definition) is 2. The molecule has 0 radical (unpaired) electrons. The first-order valence-corrected chi connectivity index (χ1v) is 8.10. The lowest BCUT2D eigenvalue weighted by Gasteiger charge is -2.40. The number of rotatable bonds is 5. The van der Waals surface area contributed by atoms with Crippen molar-refractivity contribution in [3.05, 3.63) is 20.7 Å². The number of aromatic nitrogens is 1. The quantitative estimate of drug-likeness (QED) is 0.869. The molecule has 1 aliphatic rings. The van der Waals surface area contributed by atoms with Gasteiger partial charge in [-0.2, -0.15) is 0 Å². The molecule has 0 spiro atoms. The number of nitrogens with one attached hydrogen (secondary N) is 2. The van der Waals surface area contributed by atoms with Crippen LogP contribution in [-0.4, -0.2) is 35.1 Å². The Kier molecular flexibility index (Phi) is 5.19. The van der Waals surface area contributed by atoms with Crippen molar-refractivity contribution in [3.63, 3.8) is 0 Å². The van der Waals surface area contributed by atoms with Crippen molar-refractivity contribution in [2.75, 3.05) is 13.1 Å². The minimum atomic E-state index is 0.0527. The second-order valence-electron chi connectivity index (χ2n) is 5.90. The number of piperazine rings is 1. The zero-order valence-electron chi connectivity index (χ0n) is 12.1. The second-order valence-corrected chi connectivity index (χ2v) is 6.74. The van der Waals surface area contributed by atoms with Crippen molar-refractivity contribution in [3.8, 4) is 0 Å². The molecule has 0 saturated carbocycles. The highest BCUT2D eigenvalue weighted by Crippen LogP contribution is 2.17. The van der Waals surface area contributed by atoms with Gasteiger partial charge in [0.25, 0.3) is 0 Å². The zero-order chi connectivity index (χ0) is 13.8. The summed E-state index contributed by atoms with van der Waals surface area (Å²) in [6.45, 7) is 9.78. The van der Waals surface area contributed by atoms with Gasteiger partial charge in [-0.3, -0.25) is 9.69 Å². The summed E-state index contributed by atoms with van der Waals surface area (Å²) in [5.41, 5.74) is 1.05. The predicted octanol–water partition coefficient (Wildman–Crippen LogP) is 2.03. The largest absolute Gasteiger partial charge is 0.315 e. The molecule has 1 aromatic rings. The Balaban J connectivity index is 1.99. The third-order valence-corrected chi connectivity index (χ3v) is 4.50. The van der Waals surface area contributed by atoms with Crippen LogP contribution in [0, 0.1) is 5.92 Å². The summed E-state index contributed by atoms with van der Waals surface area (Å²) in [6.07, 6.45) is 2.36. The Morgan fingerprint density at radius 3 is 2.89 bits per heavy atom.